The summed E-state index contributed by atoms with van der Waals surface area (Å²) in [5, 5.41) is 2.86. The Labute approximate surface area is 220 Å². The van der Waals surface area contributed by atoms with E-state index in [-0.39, 0.29) is 31.1 Å². The number of benzene rings is 2. The van der Waals surface area contributed by atoms with Crippen molar-refractivity contribution < 1.29 is 35.9 Å². The Morgan fingerprint density at radius 2 is 1.95 bits per heavy atom. The predicted molar refractivity (Wildman–Crippen MR) is 140 cm³/mol. The number of carbonyl (C=O) groups is 1. The number of hydrogen-bond acceptors (Lipinski definition) is 5. The number of halogens is 3. The molecule has 0 atom stereocenters. The van der Waals surface area contributed by atoms with Crippen molar-refractivity contribution >= 4 is 32.9 Å². The molecular formula is C27H31F3N2O5S. The first-order valence-electron chi connectivity index (χ1n) is 12.5. The highest BCUT2D eigenvalue weighted by atomic mass is 32.2. The van der Waals surface area contributed by atoms with Gasteiger partial charge in [-0.05, 0) is 49.1 Å². The van der Waals surface area contributed by atoms with Crippen LogP contribution in [0.5, 0.6) is 5.75 Å². The number of alkyl halides is 3. The Kier molecular flexibility index (Phi) is 7.81. The molecule has 1 N–H and O–H groups in total. The van der Waals surface area contributed by atoms with Gasteiger partial charge in [0.25, 0.3) is 0 Å². The van der Waals surface area contributed by atoms with Crippen LogP contribution in [0.2, 0.25) is 0 Å². The molecule has 0 fully saturated rings. The Morgan fingerprint density at radius 3 is 2.61 bits per heavy atom. The van der Waals surface area contributed by atoms with Gasteiger partial charge < -0.3 is 14.8 Å². The molecule has 38 heavy (non-hydrogen) atoms. The molecule has 0 saturated heterocycles. The van der Waals surface area contributed by atoms with Crippen molar-refractivity contribution in [2.24, 2.45) is 0 Å². The van der Waals surface area contributed by atoms with Gasteiger partial charge in [-0.15, -0.1) is 0 Å². The van der Waals surface area contributed by atoms with E-state index in [1.54, 1.807) is 18.2 Å². The van der Waals surface area contributed by atoms with E-state index >= 15 is 0 Å². The van der Waals surface area contributed by atoms with E-state index in [0.29, 0.717) is 47.3 Å². The number of carbonyl (C=O) groups excluding carboxylic acids is 1. The third-order valence-electron chi connectivity index (χ3n) is 7.21. The van der Waals surface area contributed by atoms with Gasteiger partial charge in [0, 0.05) is 36.4 Å². The van der Waals surface area contributed by atoms with E-state index in [1.165, 1.54) is 23.6 Å². The molecule has 4 rings (SSSR count). The van der Waals surface area contributed by atoms with Gasteiger partial charge in [0.2, 0.25) is 15.9 Å². The average molecular weight is 553 g/mol. The third-order valence-corrected chi connectivity index (χ3v) is 8.98. The number of anilines is 2. The summed E-state index contributed by atoms with van der Waals surface area (Å²) in [5.41, 5.74) is 1.15. The lowest BCUT2D eigenvalue weighted by atomic mass is 9.83. The molecule has 2 aliphatic rings. The summed E-state index contributed by atoms with van der Waals surface area (Å²) in [6.45, 7) is 4.18. The summed E-state index contributed by atoms with van der Waals surface area (Å²) in [6, 6.07) is 8.39. The summed E-state index contributed by atoms with van der Waals surface area (Å²) < 4.78 is 77.8. The number of hydrogen-bond donors (Lipinski definition) is 1. The molecule has 0 aromatic heterocycles. The number of ether oxygens (including phenoxy) is 2. The quantitative estimate of drug-likeness (QED) is 0.465. The molecule has 0 radical (unpaired) electrons. The van der Waals surface area contributed by atoms with Gasteiger partial charge in [0.05, 0.1) is 30.2 Å². The van der Waals surface area contributed by atoms with Crippen molar-refractivity contribution in [2.75, 3.05) is 35.6 Å². The summed E-state index contributed by atoms with van der Waals surface area (Å²) in [6.07, 6.45) is -1.42. The maximum absolute atomic E-state index is 13.4. The van der Waals surface area contributed by atoms with Gasteiger partial charge in [-0.25, -0.2) is 8.42 Å². The molecule has 0 spiro atoms. The predicted octanol–water partition coefficient (Wildman–Crippen LogP) is 5.41. The van der Waals surface area contributed by atoms with Crippen molar-refractivity contribution in [3.63, 3.8) is 0 Å². The minimum absolute atomic E-state index is 0.0978. The number of methoxy groups -OCH3 is 1. The summed E-state index contributed by atoms with van der Waals surface area (Å²) in [5.74, 6) is -0.455. The van der Waals surface area contributed by atoms with Crippen LogP contribution in [0.1, 0.15) is 49.8 Å². The van der Waals surface area contributed by atoms with Crippen LogP contribution in [0, 0.1) is 0 Å². The van der Waals surface area contributed by atoms with Crippen molar-refractivity contribution in [1.29, 1.82) is 0 Å². The van der Waals surface area contributed by atoms with Crippen LogP contribution in [-0.4, -0.2) is 45.9 Å². The number of nitrogens with one attached hydrogen (secondary N) is 1. The van der Waals surface area contributed by atoms with Crippen LogP contribution < -0.4 is 14.4 Å². The minimum atomic E-state index is -4.52. The molecule has 0 bridgehead atoms. The van der Waals surface area contributed by atoms with Crippen LogP contribution >= 0.6 is 0 Å². The molecule has 0 saturated carbocycles. The van der Waals surface area contributed by atoms with Crippen molar-refractivity contribution in [1.82, 2.24) is 0 Å². The van der Waals surface area contributed by atoms with Gasteiger partial charge in [0.15, 0.2) is 0 Å². The van der Waals surface area contributed by atoms with Crippen LogP contribution in [-0.2, 0) is 32.2 Å². The van der Waals surface area contributed by atoms with Crippen LogP contribution in [0.3, 0.4) is 0 Å². The van der Waals surface area contributed by atoms with E-state index in [0.717, 1.165) is 12.1 Å². The highest BCUT2D eigenvalue weighted by Gasteiger charge is 2.38. The summed E-state index contributed by atoms with van der Waals surface area (Å²) >= 11 is 0. The second kappa shape index (κ2) is 10.6. The van der Waals surface area contributed by atoms with E-state index in [1.807, 2.05) is 13.8 Å². The minimum Gasteiger partial charge on any atom is -0.486 e. The van der Waals surface area contributed by atoms with Crippen LogP contribution in [0.4, 0.5) is 24.5 Å². The monoisotopic (exact) mass is 552 g/mol. The molecule has 1 amide bonds. The first-order valence-corrected chi connectivity index (χ1v) is 14.1. The number of sulfonamides is 1. The molecule has 2 aliphatic heterocycles. The topological polar surface area (TPSA) is 84.9 Å². The van der Waals surface area contributed by atoms with E-state index < -0.39 is 33.3 Å². The highest BCUT2D eigenvalue weighted by Crippen LogP contribution is 2.45. The SMILES string of the molecule is CCC1(CC)C/C(=C\C(=O)Nc2cccc3c2CCS(=O)(=O)N3CCOC)c2ccc(C(F)(F)F)cc2O1. The molecule has 2 aromatic carbocycles. The number of amides is 1. The Bertz CT molecular complexity index is 1350. The van der Waals surface area contributed by atoms with E-state index in [9.17, 15) is 26.4 Å². The number of fused-ring (bicyclic) bond motifs is 2. The first-order chi connectivity index (χ1) is 17.9. The molecule has 7 nitrogen and oxygen atoms in total. The zero-order valence-corrected chi connectivity index (χ0v) is 22.3. The van der Waals surface area contributed by atoms with Gasteiger partial charge in [-0.3, -0.25) is 9.10 Å². The number of nitrogens with zero attached hydrogens (tertiary/aromatic N) is 1. The van der Waals surface area contributed by atoms with Crippen LogP contribution in [0.15, 0.2) is 42.5 Å². The Hall–Kier alpha value is -3.05. The van der Waals surface area contributed by atoms with E-state index in [4.69, 9.17) is 9.47 Å². The molecule has 11 heteroatoms. The van der Waals surface area contributed by atoms with E-state index in [2.05, 4.69) is 5.32 Å². The van der Waals surface area contributed by atoms with Crippen molar-refractivity contribution in [3.05, 3.63) is 59.2 Å². The fraction of sp³-hybridized carbons (Fsp3) is 0.444. The molecule has 206 valence electrons. The Morgan fingerprint density at radius 1 is 1.21 bits per heavy atom. The lowest BCUT2D eigenvalue weighted by molar-refractivity contribution is -0.137. The lowest BCUT2D eigenvalue weighted by Crippen LogP contribution is -2.40. The largest absolute Gasteiger partial charge is 0.486 e. The second-order valence-electron chi connectivity index (χ2n) is 9.47. The maximum Gasteiger partial charge on any atom is 0.416 e. The smallest absolute Gasteiger partial charge is 0.416 e. The van der Waals surface area contributed by atoms with Crippen molar-refractivity contribution in [2.45, 2.75) is 51.3 Å². The zero-order chi connectivity index (χ0) is 27.7. The lowest BCUT2D eigenvalue weighted by Gasteiger charge is -2.39. The molecule has 0 unspecified atom stereocenters. The normalized spacial score (nSPS) is 18.9. The number of rotatable bonds is 7. The van der Waals surface area contributed by atoms with Crippen LogP contribution in [0.25, 0.3) is 5.57 Å². The third kappa shape index (κ3) is 5.54. The van der Waals surface area contributed by atoms with Gasteiger partial charge in [-0.1, -0.05) is 26.0 Å². The average Bonchev–Trinajstić information content (AvgIpc) is 2.86. The van der Waals surface area contributed by atoms with Gasteiger partial charge >= 0.3 is 6.18 Å². The summed E-state index contributed by atoms with van der Waals surface area (Å²) in [4.78, 5) is 13.2. The standard InChI is InChI=1S/C27H31F3N2O5S/c1-4-26(5-2)17-18(20-10-9-19(27(28,29)30)16-24(20)37-26)15-25(33)31-22-7-6-8-23-21(22)11-14-38(34,35)32(23)12-13-36-3/h6-10,15-16H,4-5,11-14,17H2,1-3H3,(H,31,33)/b18-15+. The molecule has 2 heterocycles. The molecule has 2 aromatic rings. The maximum atomic E-state index is 13.4. The second-order valence-corrected chi connectivity index (χ2v) is 11.5. The highest BCUT2D eigenvalue weighted by molar-refractivity contribution is 7.92. The molecular weight excluding hydrogens is 521 g/mol. The fourth-order valence-corrected chi connectivity index (χ4v) is 6.48. The fourth-order valence-electron chi connectivity index (χ4n) is 4.97. The zero-order valence-electron chi connectivity index (χ0n) is 21.5. The molecule has 0 aliphatic carbocycles. The van der Waals surface area contributed by atoms with Gasteiger partial charge in [-0.2, -0.15) is 13.2 Å². The first kappa shape index (κ1) is 28.0. The van der Waals surface area contributed by atoms with Crippen molar-refractivity contribution in [3.8, 4) is 5.75 Å². The Balaban J connectivity index is 1.68. The summed E-state index contributed by atoms with van der Waals surface area (Å²) in [7, 11) is -2.02. The van der Waals surface area contributed by atoms with Gasteiger partial charge in [0.1, 0.15) is 11.4 Å².